The van der Waals surface area contributed by atoms with E-state index in [0.717, 1.165) is 11.8 Å². The van der Waals surface area contributed by atoms with Crippen molar-refractivity contribution in [1.29, 1.82) is 0 Å². The fourth-order valence-corrected chi connectivity index (χ4v) is 3.53. The smallest absolute Gasteiger partial charge is 0.0320 e. The summed E-state index contributed by atoms with van der Waals surface area (Å²) in [5, 5.41) is 0. The van der Waals surface area contributed by atoms with Crippen molar-refractivity contribution in [1.82, 2.24) is 0 Å². The van der Waals surface area contributed by atoms with E-state index in [9.17, 15) is 0 Å². The molecular formula is C29H60. The summed E-state index contributed by atoms with van der Waals surface area (Å²) < 4.78 is 0. The topological polar surface area (TPSA) is 0 Å². The molecule has 0 heterocycles. The Bertz CT molecular complexity index is 298. The fourth-order valence-electron chi connectivity index (χ4n) is 3.53. The molecule has 0 aromatic rings. The lowest BCUT2D eigenvalue weighted by Gasteiger charge is -2.10. The molecule has 0 bridgehead atoms. The van der Waals surface area contributed by atoms with Crippen molar-refractivity contribution >= 4 is 0 Å². The van der Waals surface area contributed by atoms with E-state index in [-0.39, 0.29) is 0 Å². The molecule has 0 spiro atoms. The summed E-state index contributed by atoms with van der Waals surface area (Å²) in [5.41, 5.74) is 1.50. The average Bonchev–Trinajstić information content (AvgIpc) is 2.68. The molecule has 0 aliphatic rings. The maximum atomic E-state index is 4.26. The van der Waals surface area contributed by atoms with E-state index < -0.39 is 0 Å². The molecule has 0 aliphatic heterocycles. The zero-order valence-corrected chi connectivity index (χ0v) is 21.8. The first-order valence-corrected chi connectivity index (χ1v) is 13.6. The van der Waals surface area contributed by atoms with E-state index >= 15 is 0 Å². The summed E-state index contributed by atoms with van der Waals surface area (Å²) in [7, 11) is 0. The van der Waals surface area contributed by atoms with Gasteiger partial charge in [-0.1, -0.05) is 150 Å². The highest BCUT2D eigenvalue weighted by molar-refractivity contribution is 4.93. The van der Waals surface area contributed by atoms with Gasteiger partial charge in [-0.2, -0.15) is 0 Å². The Kier molecular flexibility index (Phi) is 27.5. The van der Waals surface area contributed by atoms with Crippen molar-refractivity contribution in [3.63, 3.8) is 0 Å². The summed E-state index contributed by atoms with van der Waals surface area (Å²) in [4.78, 5) is 0. The van der Waals surface area contributed by atoms with Crippen LogP contribution in [0.15, 0.2) is 12.2 Å². The van der Waals surface area contributed by atoms with Crippen molar-refractivity contribution < 1.29 is 0 Å². The van der Waals surface area contributed by atoms with E-state index in [0.29, 0.717) is 0 Å². The number of allylic oxidation sites excluding steroid dienone is 1. The molecule has 0 aliphatic carbocycles. The predicted octanol–water partition coefficient (Wildman–Crippen LogP) is 11.3. The van der Waals surface area contributed by atoms with Crippen LogP contribution in [0.4, 0.5) is 0 Å². The predicted molar refractivity (Wildman–Crippen MR) is 138 cm³/mol. The van der Waals surface area contributed by atoms with E-state index in [2.05, 4.69) is 48.1 Å². The molecule has 0 heteroatoms. The average molecular weight is 409 g/mol. The molecule has 0 nitrogen and oxygen atoms in total. The van der Waals surface area contributed by atoms with Crippen LogP contribution >= 0.6 is 0 Å². The van der Waals surface area contributed by atoms with Crippen molar-refractivity contribution in [2.75, 3.05) is 0 Å². The quantitative estimate of drug-likeness (QED) is 0.139. The van der Waals surface area contributed by atoms with Gasteiger partial charge in [-0.15, -0.1) is 0 Å². The first kappa shape index (κ1) is 30.9. The summed E-state index contributed by atoms with van der Waals surface area (Å²) >= 11 is 0. The molecule has 0 aromatic heterocycles. The lowest BCUT2D eigenvalue weighted by molar-refractivity contribution is 0.506. The van der Waals surface area contributed by atoms with Crippen LogP contribution in [0.1, 0.15) is 164 Å². The summed E-state index contributed by atoms with van der Waals surface area (Å²) in [6, 6.07) is 0. The molecule has 29 heavy (non-hydrogen) atoms. The molecule has 1 unspecified atom stereocenters. The molecule has 0 radical (unpaired) electrons. The lowest BCUT2D eigenvalue weighted by Crippen LogP contribution is -1.93. The normalized spacial score (nSPS) is 12.0. The van der Waals surface area contributed by atoms with Gasteiger partial charge in [0, 0.05) is 0 Å². The van der Waals surface area contributed by atoms with Crippen LogP contribution in [-0.4, -0.2) is 0 Å². The van der Waals surface area contributed by atoms with Gasteiger partial charge >= 0.3 is 0 Å². The van der Waals surface area contributed by atoms with Gasteiger partial charge in [0.05, 0.1) is 0 Å². The standard InChI is InChI=1S/C25H50.C4H10/c1-5-7-8-9-10-11-12-13-14-15-16-17-18-19-20-21-25(4)23-22-24(3)6-2;1-4(2)3/h24H,4-23H2,1-3H3;4H,1-3H3. The molecule has 0 saturated carbocycles. The maximum absolute atomic E-state index is 4.26. The highest BCUT2D eigenvalue weighted by atomic mass is 14.1. The Morgan fingerprint density at radius 1 is 0.552 bits per heavy atom. The van der Waals surface area contributed by atoms with Crippen LogP contribution < -0.4 is 0 Å². The SMILES string of the molecule is C=C(CCCCCCCCCCCCCCCCC)CCC(C)CC.CC(C)C. The molecule has 0 fully saturated rings. The Morgan fingerprint density at radius 2 is 0.897 bits per heavy atom. The van der Waals surface area contributed by atoms with E-state index in [1.165, 1.54) is 128 Å². The second kappa shape index (κ2) is 25.8. The van der Waals surface area contributed by atoms with Crippen LogP contribution in [0.2, 0.25) is 0 Å². The molecule has 0 amide bonds. The van der Waals surface area contributed by atoms with Crippen LogP contribution in [0.5, 0.6) is 0 Å². The van der Waals surface area contributed by atoms with Crippen molar-refractivity contribution in [2.45, 2.75) is 164 Å². The number of unbranched alkanes of at least 4 members (excludes halogenated alkanes) is 14. The van der Waals surface area contributed by atoms with Gasteiger partial charge in [0.1, 0.15) is 0 Å². The Hall–Kier alpha value is -0.260. The monoisotopic (exact) mass is 408 g/mol. The largest absolute Gasteiger partial charge is 0.0999 e. The van der Waals surface area contributed by atoms with Crippen LogP contribution in [0, 0.1) is 11.8 Å². The Morgan fingerprint density at radius 3 is 1.24 bits per heavy atom. The van der Waals surface area contributed by atoms with Gasteiger partial charge < -0.3 is 0 Å². The third kappa shape index (κ3) is 32.6. The minimum Gasteiger partial charge on any atom is -0.0999 e. The number of hydrogen-bond acceptors (Lipinski definition) is 0. The summed E-state index contributed by atoms with van der Waals surface area (Å²) in [6.45, 7) is 17.7. The first-order chi connectivity index (χ1) is 13.9. The zero-order chi connectivity index (χ0) is 22.2. The summed E-state index contributed by atoms with van der Waals surface area (Å²) in [5.74, 6) is 1.71. The van der Waals surface area contributed by atoms with Gasteiger partial charge in [-0.25, -0.2) is 0 Å². The minimum absolute atomic E-state index is 0.833. The van der Waals surface area contributed by atoms with Gasteiger partial charge in [-0.05, 0) is 37.5 Å². The second-order valence-corrected chi connectivity index (χ2v) is 10.2. The lowest BCUT2D eigenvalue weighted by atomic mass is 9.96. The van der Waals surface area contributed by atoms with Crippen molar-refractivity contribution in [3.05, 3.63) is 12.2 Å². The van der Waals surface area contributed by atoms with E-state index in [1.54, 1.807) is 0 Å². The van der Waals surface area contributed by atoms with Crippen molar-refractivity contribution in [3.8, 4) is 0 Å². The molecule has 176 valence electrons. The molecular weight excluding hydrogens is 348 g/mol. The highest BCUT2D eigenvalue weighted by Crippen LogP contribution is 2.19. The van der Waals surface area contributed by atoms with E-state index in [4.69, 9.17) is 0 Å². The van der Waals surface area contributed by atoms with Gasteiger partial charge in [0.15, 0.2) is 0 Å². The molecule has 0 saturated heterocycles. The highest BCUT2D eigenvalue weighted by Gasteiger charge is 2.01. The Balaban J connectivity index is 0. The van der Waals surface area contributed by atoms with Gasteiger partial charge in [0.2, 0.25) is 0 Å². The second-order valence-electron chi connectivity index (χ2n) is 10.2. The van der Waals surface area contributed by atoms with Crippen LogP contribution in [-0.2, 0) is 0 Å². The maximum Gasteiger partial charge on any atom is -0.0320 e. The molecule has 1 atom stereocenters. The van der Waals surface area contributed by atoms with Crippen molar-refractivity contribution in [2.24, 2.45) is 11.8 Å². The summed E-state index contributed by atoms with van der Waals surface area (Å²) in [6.07, 6.45) is 26.9. The van der Waals surface area contributed by atoms with Gasteiger partial charge in [-0.3, -0.25) is 0 Å². The number of hydrogen-bond donors (Lipinski definition) is 0. The third-order valence-electron chi connectivity index (χ3n) is 5.82. The van der Waals surface area contributed by atoms with Crippen LogP contribution in [0.25, 0.3) is 0 Å². The molecule has 0 rings (SSSR count). The third-order valence-corrected chi connectivity index (χ3v) is 5.82. The zero-order valence-electron chi connectivity index (χ0n) is 21.8. The minimum atomic E-state index is 0.833. The van der Waals surface area contributed by atoms with Crippen LogP contribution in [0.3, 0.4) is 0 Å². The first-order valence-electron chi connectivity index (χ1n) is 13.6. The Labute approximate surface area is 187 Å². The molecule has 0 aromatic carbocycles. The van der Waals surface area contributed by atoms with Gasteiger partial charge in [0.25, 0.3) is 0 Å². The van der Waals surface area contributed by atoms with E-state index in [1.807, 2.05) is 0 Å². The molecule has 0 N–H and O–H groups in total. The number of rotatable bonds is 20. The fraction of sp³-hybridized carbons (Fsp3) is 0.931.